The number of ether oxygens (including phenoxy) is 2. The number of ketones is 1. The van der Waals surface area contributed by atoms with Gasteiger partial charge in [0.2, 0.25) is 0 Å². The maximum absolute atomic E-state index is 13.3. The highest BCUT2D eigenvalue weighted by Crippen LogP contribution is 2.40. The average molecular weight is 481 g/mol. The normalized spacial score (nSPS) is 17.3. The molecule has 188 valence electrons. The first-order valence-electron chi connectivity index (χ1n) is 12.2. The molecular weight excluding hydrogens is 444 g/mol. The Bertz CT molecular complexity index is 1070. The van der Waals surface area contributed by atoms with Crippen LogP contribution >= 0.6 is 0 Å². The molecule has 1 aliphatic rings. The number of aliphatic hydroxyl groups is 1. The Labute approximate surface area is 207 Å². The van der Waals surface area contributed by atoms with Crippen LogP contribution in [0.15, 0.2) is 48.0 Å². The summed E-state index contributed by atoms with van der Waals surface area (Å²) < 4.78 is 11.0. The largest absolute Gasteiger partial charge is 0.507 e. The van der Waals surface area contributed by atoms with Crippen molar-refractivity contribution in [2.45, 2.75) is 40.2 Å². The van der Waals surface area contributed by atoms with Crippen LogP contribution in [0.2, 0.25) is 0 Å². The van der Waals surface area contributed by atoms with Gasteiger partial charge in [0.15, 0.2) is 0 Å². The van der Waals surface area contributed by atoms with Gasteiger partial charge in [-0.15, -0.1) is 0 Å². The van der Waals surface area contributed by atoms with Gasteiger partial charge in [-0.25, -0.2) is 0 Å². The lowest BCUT2D eigenvalue weighted by atomic mass is 9.94. The van der Waals surface area contributed by atoms with Gasteiger partial charge in [-0.3, -0.25) is 9.59 Å². The number of likely N-dealkylation sites (tertiary alicyclic amines) is 1. The van der Waals surface area contributed by atoms with E-state index < -0.39 is 17.7 Å². The zero-order valence-electron chi connectivity index (χ0n) is 21.3. The highest BCUT2D eigenvalue weighted by molar-refractivity contribution is 6.46. The van der Waals surface area contributed by atoms with Crippen LogP contribution in [0, 0.1) is 6.92 Å². The number of hydrogen-bond donors (Lipinski definition) is 1. The van der Waals surface area contributed by atoms with Gasteiger partial charge in [0.1, 0.15) is 17.3 Å². The van der Waals surface area contributed by atoms with Gasteiger partial charge in [0.25, 0.3) is 11.7 Å². The molecule has 1 aliphatic heterocycles. The number of aliphatic hydroxyl groups excluding tert-OH is 1. The lowest BCUT2D eigenvalue weighted by Crippen LogP contribution is -2.38. The Kier molecular flexibility index (Phi) is 8.93. The van der Waals surface area contributed by atoms with E-state index in [-0.39, 0.29) is 11.3 Å². The maximum atomic E-state index is 13.3. The molecule has 35 heavy (non-hydrogen) atoms. The van der Waals surface area contributed by atoms with Crippen molar-refractivity contribution < 1.29 is 24.2 Å². The minimum absolute atomic E-state index is 0.102. The van der Waals surface area contributed by atoms with Crippen molar-refractivity contribution in [1.29, 1.82) is 0 Å². The number of nitrogens with zero attached hydrogens (tertiary/aromatic N) is 2. The molecule has 1 saturated heterocycles. The fourth-order valence-electron chi connectivity index (χ4n) is 4.39. The van der Waals surface area contributed by atoms with Crippen LogP contribution in [0.3, 0.4) is 0 Å². The van der Waals surface area contributed by atoms with Crippen LogP contribution in [0.1, 0.15) is 49.9 Å². The van der Waals surface area contributed by atoms with E-state index in [2.05, 4.69) is 18.7 Å². The number of aryl methyl sites for hydroxylation is 1. The third-order valence-corrected chi connectivity index (χ3v) is 6.45. The summed E-state index contributed by atoms with van der Waals surface area (Å²) in [4.78, 5) is 30.2. The number of likely N-dealkylation sites (N-methyl/N-ethyl adjacent to an activating group) is 1. The topological polar surface area (TPSA) is 79.3 Å². The molecule has 2 aromatic rings. The van der Waals surface area contributed by atoms with E-state index >= 15 is 0 Å². The van der Waals surface area contributed by atoms with Gasteiger partial charge in [-0.05, 0) is 67.9 Å². The smallest absolute Gasteiger partial charge is 0.295 e. The van der Waals surface area contributed by atoms with Crippen molar-refractivity contribution in [3.05, 3.63) is 64.7 Å². The van der Waals surface area contributed by atoms with E-state index in [9.17, 15) is 14.7 Å². The molecule has 0 aliphatic carbocycles. The maximum Gasteiger partial charge on any atom is 0.295 e. The highest BCUT2D eigenvalue weighted by Gasteiger charge is 2.46. The van der Waals surface area contributed by atoms with Crippen molar-refractivity contribution in [2.24, 2.45) is 0 Å². The van der Waals surface area contributed by atoms with Crippen LogP contribution in [0.5, 0.6) is 11.5 Å². The summed E-state index contributed by atoms with van der Waals surface area (Å²) in [6, 6.07) is 12.0. The van der Waals surface area contributed by atoms with Crippen LogP contribution in [0.4, 0.5) is 0 Å². The van der Waals surface area contributed by atoms with E-state index in [4.69, 9.17) is 9.47 Å². The van der Waals surface area contributed by atoms with E-state index in [1.807, 2.05) is 38.1 Å². The van der Waals surface area contributed by atoms with E-state index in [0.717, 1.165) is 36.4 Å². The predicted octanol–water partition coefficient (Wildman–Crippen LogP) is 4.56. The first-order valence-corrected chi connectivity index (χ1v) is 12.2. The molecule has 1 fully saturated rings. The number of carbonyl (C=O) groups excluding carboxylic acids is 2. The fourth-order valence-corrected chi connectivity index (χ4v) is 4.39. The van der Waals surface area contributed by atoms with E-state index in [1.165, 1.54) is 0 Å². The molecule has 1 atom stereocenters. The second kappa shape index (κ2) is 11.9. The molecule has 1 unspecified atom stereocenters. The number of Topliss-reactive ketones (excluding diaryl/α,β-unsaturated/α-hetero) is 1. The van der Waals surface area contributed by atoms with Gasteiger partial charge in [-0.1, -0.05) is 32.9 Å². The van der Waals surface area contributed by atoms with E-state index in [0.29, 0.717) is 31.0 Å². The second-order valence-corrected chi connectivity index (χ2v) is 8.62. The molecule has 1 N–H and O–H groups in total. The molecule has 3 rings (SSSR count). The summed E-state index contributed by atoms with van der Waals surface area (Å²) in [5.74, 6) is -0.0699. The molecule has 0 spiro atoms. The predicted molar refractivity (Wildman–Crippen MR) is 137 cm³/mol. The Morgan fingerprint density at radius 1 is 1.03 bits per heavy atom. The molecule has 7 nitrogen and oxygen atoms in total. The molecule has 0 saturated carbocycles. The van der Waals surface area contributed by atoms with Gasteiger partial charge in [-0.2, -0.15) is 0 Å². The SMILES string of the molecule is CCCOc1ccc(C2C(=C(O)c3ccc(OC)cc3C)C(=O)C(=O)N2CCN(CC)CC)cc1. The van der Waals surface area contributed by atoms with E-state index in [1.54, 1.807) is 30.2 Å². The second-order valence-electron chi connectivity index (χ2n) is 8.62. The Hall–Kier alpha value is -3.32. The molecule has 2 aromatic carbocycles. The number of hydrogen-bond acceptors (Lipinski definition) is 6. The zero-order valence-corrected chi connectivity index (χ0v) is 21.3. The first-order chi connectivity index (χ1) is 16.9. The third-order valence-electron chi connectivity index (χ3n) is 6.45. The number of rotatable bonds is 11. The van der Waals surface area contributed by atoms with Crippen molar-refractivity contribution in [2.75, 3.05) is 39.9 Å². The number of carbonyl (C=O) groups is 2. The quantitative estimate of drug-likeness (QED) is 0.289. The van der Waals surface area contributed by atoms with Gasteiger partial charge in [0, 0.05) is 18.7 Å². The molecule has 0 aromatic heterocycles. The van der Waals surface area contributed by atoms with Gasteiger partial charge >= 0.3 is 0 Å². The van der Waals surface area contributed by atoms with Crippen molar-refractivity contribution >= 4 is 17.4 Å². The van der Waals surface area contributed by atoms with Crippen LogP contribution in [-0.4, -0.2) is 66.5 Å². The monoisotopic (exact) mass is 480 g/mol. The molecular formula is C28H36N2O5. The Morgan fingerprint density at radius 3 is 2.26 bits per heavy atom. The van der Waals surface area contributed by atoms with Crippen molar-refractivity contribution in [3.63, 3.8) is 0 Å². The first kappa shape index (κ1) is 26.3. The highest BCUT2D eigenvalue weighted by atomic mass is 16.5. The number of amides is 1. The minimum atomic E-state index is -0.688. The zero-order chi connectivity index (χ0) is 25.5. The number of methoxy groups -OCH3 is 1. The summed E-state index contributed by atoms with van der Waals surface area (Å²) in [7, 11) is 1.57. The minimum Gasteiger partial charge on any atom is -0.507 e. The summed E-state index contributed by atoms with van der Waals surface area (Å²) in [6.45, 7) is 11.3. The lowest BCUT2D eigenvalue weighted by Gasteiger charge is -2.28. The summed E-state index contributed by atoms with van der Waals surface area (Å²) in [6.07, 6.45) is 0.897. The molecule has 0 radical (unpaired) electrons. The summed E-state index contributed by atoms with van der Waals surface area (Å²) in [5, 5.41) is 11.3. The average Bonchev–Trinajstić information content (AvgIpc) is 3.12. The molecule has 1 heterocycles. The third kappa shape index (κ3) is 5.68. The van der Waals surface area contributed by atoms with Crippen LogP contribution in [0.25, 0.3) is 5.76 Å². The molecule has 1 amide bonds. The van der Waals surface area contributed by atoms with Crippen molar-refractivity contribution in [1.82, 2.24) is 9.80 Å². The van der Waals surface area contributed by atoms with Gasteiger partial charge in [0.05, 0.1) is 25.3 Å². The summed E-state index contributed by atoms with van der Waals surface area (Å²) >= 11 is 0. The Balaban J connectivity index is 2.08. The van der Waals surface area contributed by atoms with Crippen LogP contribution in [-0.2, 0) is 9.59 Å². The van der Waals surface area contributed by atoms with Gasteiger partial charge < -0.3 is 24.4 Å². The molecule has 7 heteroatoms. The Morgan fingerprint density at radius 2 is 1.69 bits per heavy atom. The standard InChI is InChI=1S/C28H36N2O5/c1-6-17-35-21-11-9-20(10-12-21)25-24(26(31)23-14-13-22(34-5)18-19(23)4)27(32)28(33)30(25)16-15-29(7-2)8-3/h9-14,18,25,31H,6-8,15-17H2,1-5H3. The number of benzene rings is 2. The molecule has 0 bridgehead atoms. The fraction of sp³-hybridized carbons (Fsp3) is 0.429. The summed E-state index contributed by atoms with van der Waals surface area (Å²) in [5.41, 5.74) is 2.10. The lowest BCUT2D eigenvalue weighted by molar-refractivity contribution is -0.140. The van der Waals surface area contributed by atoms with Crippen molar-refractivity contribution in [3.8, 4) is 11.5 Å². The van der Waals surface area contributed by atoms with Crippen LogP contribution < -0.4 is 9.47 Å².